The molecule has 0 radical (unpaired) electrons. The fraction of sp³-hybridized carbons (Fsp3) is 0.545. The summed E-state index contributed by atoms with van der Waals surface area (Å²) < 4.78 is 11.9. The maximum absolute atomic E-state index is 11.9. The van der Waals surface area contributed by atoms with Gasteiger partial charge in [0, 0.05) is 11.9 Å². The molecular weight excluding hydrogens is 208 g/mol. The normalized spacial score (nSPS) is 23.6. The van der Waals surface area contributed by atoms with Gasteiger partial charge in [-0.1, -0.05) is 6.07 Å². The van der Waals surface area contributed by atoms with Gasteiger partial charge in [-0.2, -0.15) is 0 Å². The van der Waals surface area contributed by atoms with Gasteiger partial charge >= 0.3 is 0 Å². The van der Waals surface area contributed by atoms with Crippen LogP contribution in [0.5, 0.6) is 0 Å². The number of hydrogen-bond acceptors (Lipinski definition) is 3. The van der Waals surface area contributed by atoms with Gasteiger partial charge in [-0.15, -0.1) is 0 Å². The lowest BCUT2D eigenvalue weighted by Crippen LogP contribution is -2.32. The number of nitrogens with one attached hydrogen (secondary N) is 1. The molecule has 1 N–H and O–H groups in total. The SMILES string of the molecule is O=S(CC1CCCNC1)c1ccccn1. The molecule has 0 amide bonds. The Morgan fingerprint density at radius 1 is 1.53 bits per heavy atom. The molecule has 1 aliphatic heterocycles. The summed E-state index contributed by atoms with van der Waals surface area (Å²) in [6, 6.07) is 5.58. The molecule has 3 nitrogen and oxygen atoms in total. The molecule has 2 heterocycles. The summed E-state index contributed by atoms with van der Waals surface area (Å²) in [5.74, 6) is 1.28. The van der Waals surface area contributed by atoms with E-state index in [0.29, 0.717) is 10.9 Å². The van der Waals surface area contributed by atoms with Crippen LogP contribution in [0.1, 0.15) is 12.8 Å². The van der Waals surface area contributed by atoms with E-state index in [0.717, 1.165) is 18.8 Å². The smallest absolute Gasteiger partial charge is 0.127 e. The maximum Gasteiger partial charge on any atom is 0.127 e. The molecule has 2 atom stereocenters. The van der Waals surface area contributed by atoms with E-state index in [1.807, 2.05) is 18.2 Å². The summed E-state index contributed by atoms with van der Waals surface area (Å²) >= 11 is 0. The molecule has 2 rings (SSSR count). The molecule has 0 bridgehead atoms. The van der Waals surface area contributed by atoms with Crippen molar-refractivity contribution in [2.45, 2.75) is 17.9 Å². The Morgan fingerprint density at radius 3 is 3.13 bits per heavy atom. The van der Waals surface area contributed by atoms with E-state index in [1.165, 1.54) is 12.8 Å². The molecule has 0 spiro atoms. The van der Waals surface area contributed by atoms with Crippen LogP contribution >= 0.6 is 0 Å². The van der Waals surface area contributed by atoms with Crippen molar-refractivity contribution < 1.29 is 4.21 Å². The van der Waals surface area contributed by atoms with Crippen molar-refractivity contribution in [2.75, 3.05) is 18.8 Å². The van der Waals surface area contributed by atoms with E-state index in [1.54, 1.807) is 6.20 Å². The molecular formula is C11H16N2OS. The van der Waals surface area contributed by atoms with Gasteiger partial charge in [0.05, 0.1) is 10.8 Å². The highest BCUT2D eigenvalue weighted by atomic mass is 32.2. The molecule has 2 unspecified atom stereocenters. The van der Waals surface area contributed by atoms with E-state index < -0.39 is 10.8 Å². The third kappa shape index (κ3) is 3.11. The van der Waals surface area contributed by atoms with E-state index in [4.69, 9.17) is 0 Å². The Kier molecular flexibility index (Phi) is 3.86. The molecule has 15 heavy (non-hydrogen) atoms. The number of hydrogen-bond donors (Lipinski definition) is 1. The van der Waals surface area contributed by atoms with Gasteiger partial charge in [0.1, 0.15) is 5.03 Å². The number of nitrogens with zero attached hydrogens (tertiary/aromatic N) is 1. The van der Waals surface area contributed by atoms with Gasteiger partial charge < -0.3 is 5.32 Å². The molecule has 4 heteroatoms. The number of aromatic nitrogens is 1. The summed E-state index contributed by atoms with van der Waals surface area (Å²) in [6.45, 7) is 2.10. The first-order chi connectivity index (χ1) is 7.36. The van der Waals surface area contributed by atoms with E-state index in [9.17, 15) is 4.21 Å². The Hall–Kier alpha value is -0.740. The molecule has 1 saturated heterocycles. The third-order valence-corrected chi connectivity index (χ3v) is 4.14. The molecule has 0 aliphatic carbocycles. The van der Waals surface area contributed by atoms with Crippen LogP contribution in [0, 0.1) is 5.92 Å². The van der Waals surface area contributed by atoms with Crippen molar-refractivity contribution in [3.63, 3.8) is 0 Å². The fourth-order valence-corrected chi connectivity index (χ4v) is 3.14. The number of piperidine rings is 1. The van der Waals surface area contributed by atoms with Gasteiger partial charge in [-0.3, -0.25) is 4.21 Å². The zero-order valence-corrected chi connectivity index (χ0v) is 9.50. The standard InChI is InChI=1S/C11H16N2OS/c14-15(11-5-1-2-7-13-11)9-10-4-3-6-12-8-10/h1-2,5,7,10,12H,3-4,6,8-9H2. The average molecular weight is 224 g/mol. The molecule has 1 aliphatic rings. The lowest BCUT2D eigenvalue weighted by Gasteiger charge is -2.21. The second-order valence-electron chi connectivity index (χ2n) is 3.89. The van der Waals surface area contributed by atoms with Crippen molar-refractivity contribution in [3.05, 3.63) is 24.4 Å². The second kappa shape index (κ2) is 5.37. The van der Waals surface area contributed by atoms with Crippen molar-refractivity contribution >= 4 is 10.8 Å². The van der Waals surface area contributed by atoms with Crippen molar-refractivity contribution in [2.24, 2.45) is 5.92 Å². The summed E-state index contributed by atoms with van der Waals surface area (Å²) in [5, 5.41) is 4.05. The van der Waals surface area contributed by atoms with Crippen LogP contribution in [0.25, 0.3) is 0 Å². The first-order valence-corrected chi connectivity index (χ1v) is 6.68. The largest absolute Gasteiger partial charge is 0.316 e. The first-order valence-electron chi connectivity index (χ1n) is 5.36. The molecule has 82 valence electrons. The van der Waals surface area contributed by atoms with Gasteiger partial charge in [-0.05, 0) is 44.0 Å². The second-order valence-corrected chi connectivity index (χ2v) is 5.34. The summed E-state index contributed by atoms with van der Waals surface area (Å²) in [4.78, 5) is 4.12. The predicted octanol–water partition coefficient (Wildman–Crippen LogP) is 1.19. The monoisotopic (exact) mass is 224 g/mol. The zero-order valence-electron chi connectivity index (χ0n) is 8.69. The molecule has 0 aromatic carbocycles. The molecule has 1 aromatic heterocycles. The highest BCUT2D eigenvalue weighted by Crippen LogP contribution is 2.14. The minimum atomic E-state index is -0.932. The average Bonchev–Trinajstić information content (AvgIpc) is 2.31. The molecule has 0 saturated carbocycles. The maximum atomic E-state index is 11.9. The Bertz CT molecular complexity index is 323. The Labute approximate surface area is 92.8 Å². The van der Waals surface area contributed by atoms with Crippen molar-refractivity contribution in [1.82, 2.24) is 10.3 Å². The highest BCUT2D eigenvalue weighted by molar-refractivity contribution is 7.84. The van der Waals surface area contributed by atoms with Crippen LogP contribution in [-0.4, -0.2) is 28.0 Å². The van der Waals surface area contributed by atoms with E-state index >= 15 is 0 Å². The summed E-state index contributed by atoms with van der Waals surface area (Å²) in [6.07, 6.45) is 4.09. The predicted molar refractivity (Wildman–Crippen MR) is 61.1 cm³/mol. The number of pyridine rings is 1. The zero-order chi connectivity index (χ0) is 10.5. The lowest BCUT2D eigenvalue weighted by molar-refractivity contribution is 0.408. The minimum absolute atomic E-state index is 0.543. The Balaban J connectivity index is 1.91. The van der Waals surface area contributed by atoms with Gasteiger partial charge in [0.25, 0.3) is 0 Å². The quantitative estimate of drug-likeness (QED) is 0.838. The Morgan fingerprint density at radius 2 is 2.47 bits per heavy atom. The molecule has 1 fully saturated rings. The summed E-state index contributed by atoms with van der Waals surface area (Å²) in [7, 11) is -0.932. The third-order valence-electron chi connectivity index (χ3n) is 2.66. The fourth-order valence-electron chi connectivity index (χ4n) is 1.85. The minimum Gasteiger partial charge on any atom is -0.316 e. The van der Waals surface area contributed by atoms with E-state index in [-0.39, 0.29) is 0 Å². The summed E-state index contributed by atoms with van der Waals surface area (Å²) in [5.41, 5.74) is 0. The van der Waals surface area contributed by atoms with Gasteiger partial charge in [-0.25, -0.2) is 4.98 Å². The molecule has 1 aromatic rings. The van der Waals surface area contributed by atoms with Crippen LogP contribution in [-0.2, 0) is 10.8 Å². The topological polar surface area (TPSA) is 42.0 Å². The van der Waals surface area contributed by atoms with Crippen molar-refractivity contribution in [1.29, 1.82) is 0 Å². The van der Waals surface area contributed by atoms with Crippen molar-refractivity contribution in [3.8, 4) is 0 Å². The lowest BCUT2D eigenvalue weighted by atomic mass is 10.0. The van der Waals surface area contributed by atoms with Crippen LogP contribution in [0.2, 0.25) is 0 Å². The van der Waals surface area contributed by atoms with Crippen LogP contribution in [0.15, 0.2) is 29.4 Å². The van der Waals surface area contributed by atoms with Crippen LogP contribution in [0.4, 0.5) is 0 Å². The first kappa shape index (κ1) is 10.8. The van der Waals surface area contributed by atoms with Gasteiger partial charge in [0.2, 0.25) is 0 Å². The number of rotatable bonds is 3. The highest BCUT2D eigenvalue weighted by Gasteiger charge is 2.17. The van der Waals surface area contributed by atoms with Gasteiger partial charge in [0.15, 0.2) is 0 Å². The van der Waals surface area contributed by atoms with Crippen LogP contribution in [0.3, 0.4) is 0 Å². The van der Waals surface area contributed by atoms with E-state index in [2.05, 4.69) is 10.3 Å². The van der Waals surface area contributed by atoms with Crippen LogP contribution < -0.4 is 5.32 Å².